The standard InChI is InChI=1S/C33H34N2O6/c1-39-24-13-15-26-28(19-24)41-17-16-35-27-18-22(10-14-25(27)29(31(26)35)20-6-4-3-5-7-20)32(37)34-30(33(38)40-2)21-8-11-23(36)12-9-21/h8-15,18-20,30,36H,3-7,16-17H2,1-2H3,(H,34,37)/t30-/m0/s1. The van der Waals surface area contributed by atoms with E-state index in [1.807, 2.05) is 30.3 Å². The predicted molar refractivity (Wildman–Crippen MR) is 156 cm³/mol. The van der Waals surface area contributed by atoms with E-state index < -0.39 is 12.0 Å². The highest BCUT2D eigenvalue weighted by atomic mass is 16.5. The molecule has 2 aliphatic rings. The van der Waals surface area contributed by atoms with Crippen molar-refractivity contribution in [1.29, 1.82) is 0 Å². The van der Waals surface area contributed by atoms with Gasteiger partial charge in [0.1, 0.15) is 23.9 Å². The second-order valence-corrected chi connectivity index (χ2v) is 10.7. The number of phenolic OH excluding ortho intramolecular Hbond substituents is 1. The summed E-state index contributed by atoms with van der Waals surface area (Å²) in [6.45, 7) is 1.13. The Bertz CT molecular complexity index is 1600. The average Bonchev–Trinajstić information content (AvgIpc) is 3.21. The Morgan fingerprint density at radius 1 is 1.00 bits per heavy atom. The molecule has 1 aliphatic heterocycles. The number of benzene rings is 3. The molecule has 0 saturated heterocycles. The number of amides is 1. The fourth-order valence-electron chi connectivity index (χ4n) is 6.31. The third-order valence-electron chi connectivity index (χ3n) is 8.33. The molecule has 1 aliphatic carbocycles. The Morgan fingerprint density at radius 2 is 1.78 bits per heavy atom. The maximum absolute atomic E-state index is 13.6. The number of nitrogens with zero attached hydrogens (tertiary/aromatic N) is 1. The number of rotatable bonds is 6. The van der Waals surface area contributed by atoms with Crippen LogP contribution in [0.4, 0.5) is 0 Å². The highest BCUT2D eigenvalue weighted by Gasteiger charge is 2.30. The second kappa shape index (κ2) is 11.2. The van der Waals surface area contributed by atoms with Crippen LogP contribution in [0.5, 0.6) is 17.2 Å². The van der Waals surface area contributed by atoms with Gasteiger partial charge in [-0.2, -0.15) is 0 Å². The Morgan fingerprint density at radius 3 is 2.51 bits per heavy atom. The number of carbonyl (C=O) groups is 2. The lowest BCUT2D eigenvalue weighted by atomic mass is 9.81. The number of aromatic nitrogens is 1. The number of ether oxygens (including phenoxy) is 3. The quantitative estimate of drug-likeness (QED) is 0.279. The first-order valence-corrected chi connectivity index (χ1v) is 14.1. The van der Waals surface area contributed by atoms with Gasteiger partial charge in [-0.1, -0.05) is 37.5 Å². The van der Waals surface area contributed by atoms with Gasteiger partial charge < -0.3 is 29.2 Å². The molecule has 0 bridgehead atoms. The summed E-state index contributed by atoms with van der Waals surface area (Å²) in [7, 11) is 2.94. The van der Waals surface area contributed by atoms with Crippen LogP contribution in [-0.2, 0) is 16.1 Å². The number of hydrogen-bond donors (Lipinski definition) is 2. The van der Waals surface area contributed by atoms with Crippen molar-refractivity contribution in [3.63, 3.8) is 0 Å². The van der Waals surface area contributed by atoms with Crippen molar-refractivity contribution in [2.75, 3.05) is 20.8 Å². The molecular formula is C33H34N2O6. The fourth-order valence-corrected chi connectivity index (χ4v) is 6.31. The van der Waals surface area contributed by atoms with Crippen molar-refractivity contribution in [1.82, 2.24) is 9.88 Å². The van der Waals surface area contributed by atoms with Crippen LogP contribution in [0.25, 0.3) is 22.2 Å². The molecule has 212 valence electrons. The van der Waals surface area contributed by atoms with Gasteiger partial charge in [-0.05, 0) is 66.3 Å². The molecule has 6 rings (SSSR count). The summed E-state index contributed by atoms with van der Waals surface area (Å²) in [5, 5.41) is 13.7. The zero-order chi connectivity index (χ0) is 28.5. The van der Waals surface area contributed by atoms with Crippen LogP contribution >= 0.6 is 0 Å². The number of nitrogens with one attached hydrogen (secondary N) is 1. The molecular weight excluding hydrogens is 520 g/mol. The lowest BCUT2D eigenvalue weighted by Crippen LogP contribution is -2.34. The van der Waals surface area contributed by atoms with Gasteiger partial charge in [0.15, 0.2) is 6.04 Å². The summed E-state index contributed by atoms with van der Waals surface area (Å²) in [4.78, 5) is 26.2. The Labute approximate surface area is 238 Å². The second-order valence-electron chi connectivity index (χ2n) is 10.7. The summed E-state index contributed by atoms with van der Waals surface area (Å²) in [5.74, 6) is 1.07. The van der Waals surface area contributed by atoms with Crippen molar-refractivity contribution < 1.29 is 28.9 Å². The number of aromatic hydroxyl groups is 1. The van der Waals surface area contributed by atoms with E-state index in [1.165, 1.54) is 44.1 Å². The van der Waals surface area contributed by atoms with Crippen LogP contribution in [0, 0.1) is 0 Å². The summed E-state index contributed by atoms with van der Waals surface area (Å²) in [6, 6.07) is 16.9. The van der Waals surface area contributed by atoms with E-state index in [9.17, 15) is 14.7 Å². The number of methoxy groups -OCH3 is 2. The van der Waals surface area contributed by atoms with E-state index in [2.05, 4.69) is 16.0 Å². The number of phenols is 1. The largest absolute Gasteiger partial charge is 0.508 e. The number of carbonyl (C=O) groups excluding carboxylic acids is 2. The average molecular weight is 555 g/mol. The first-order valence-electron chi connectivity index (χ1n) is 14.1. The fraction of sp³-hybridized carbons (Fsp3) is 0.333. The van der Waals surface area contributed by atoms with Crippen LogP contribution in [0.3, 0.4) is 0 Å². The minimum Gasteiger partial charge on any atom is -0.508 e. The molecule has 1 amide bonds. The topological polar surface area (TPSA) is 99.0 Å². The summed E-state index contributed by atoms with van der Waals surface area (Å²) in [5.41, 5.74) is 5.44. The molecule has 0 radical (unpaired) electrons. The number of fused-ring (bicyclic) bond motifs is 5. The highest BCUT2D eigenvalue weighted by molar-refractivity contribution is 6.02. The van der Waals surface area contributed by atoms with Crippen LogP contribution < -0.4 is 14.8 Å². The van der Waals surface area contributed by atoms with E-state index in [4.69, 9.17) is 14.2 Å². The van der Waals surface area contributed by atoms with Crippen molar-refractivity contribution in [3.05, 3.63) is 77.4 Å². The molecule has 2 N–H and O–H groups in total. The molecule has 0 spiro atoms. The molecule has 0 unspecified atom stereocenters. The van der Waals surface area contributed by atoms with Gasteiger partial charge in [0, 0.05) is 28.1 Å². The first kappa shape index (κ1) is 26.7. The van der Waals surface area contributed by atoms with Gasteiger partial charge in [-0.25, -0.2) is 4.79 Å². The minimum atomic E-state index is -1.01. The van der Waals surface area contributed by atoms with Crippen LogP contribution in [0.15, 0.2) is 60.7 Å². The van der Waals surface area contributed by atoms with E-state index >= 15 is 0 Å². The van der Waals surface area contributed by atoms with Gasteiger partial charge >= 0.3 is 5.97 Å². The van der Waals surface area contributed by atoms with E-state index in [1.54, 1.807) is 19.2 Å². The number of esters is 1. The lowest BCUT2D eigenvalue weighted by Gasteiger charge is -2.23. The van der Waals surface area contributed by atoms with E-state index in [-0.39, 0.29) is 11.7 Å². The highest BCUT2D eigenvalue weighted by Crippen LogP contribution is 2.47. The van der Waals surface area contributed by atoms with Crippen molar-refractivity contribution in [2.24, 2.45) is 0 Å². The molecule has 1 atom stereocenters. The zero-order valence-electron chi connectivity index (χ0n) is 23.3. The first-order chi connectivity index (χ1) is 20.0. The molecule has 8 nitrogen and oxygen atoms in total. The van der Waals surface area contributed by atoms with Crippen molar-refractivity contribution >= 4 is 22.8 Å². The van der Waals surface area contributed by atoms with Crippen molar-refractivity contribution in [3.8, 4) is 28.5 Å². The molecule has 4 aromatic rings. The van der Waals surface area contributed by atoms with Crippen LogP contribution in [0.2, 0.25) is 0 Å². The molecule has 1 aromatic heterocycles. The maximum Gasteiger partial charge on any atom is 0.333 e. The van der Waals surface area contributed by atoms with E-state index in [0.29, 0.717) is 30.2 Å². The van der Waals surface area contributed by atoms with Crippen LogP contribution in [0.1, 0.15) is 65.5 Å². The van der Waals surface area contributed by atoms with Gasteiger partial charge in [0.05, 0.1) is 26.5 Å². The van der Waals surface area contributed by atoms with Crippen molar-refractivity contribution in [2.45, 2.75) is 50.6 Å². The number of hydrogen-bond acceptors (Lipinski definition) is 6. The summed E-state index contributed by atoms with van der Waals surface area (Å²) < 4.78 is 18.9. The minimum absolute atomic E-state index is 0.0702. The monoisotopic (exact) mass is 554 g/mol. The zero-order valence-corrected chi connectivity index (χ0v) is 23.3. The van der Waals surface area contributed by atoms with E-state index in [0.717, 1.165) is 46.5 Å². The Balaban J connectivity index is 1.45. The third kappa shape index (κ3) is 4.99. The maximum atomic E-state index is 13.6. The van der Waals surface area contributed by atoms with Gasteiger partial charge in [0.2, 0.25) is 0 Å². The summed E-state index contributed by atoms with van der Waals surface area (Å²) in [6.07, 6.45) is 5.93. The Hall–Kier alpha value is -4.46. The molecule has 2 heterocycles. The molecule has 41 heavy (non-hydrogen) atoms. The molecule has 8 heteroatoms. The smallest absolute Gasteiger partial charge is 0.333 e. The Kier molecular flexibility index (Phi) is 7.30. The van der Waals surface area contributed by atoms with Crippen LogP contribution in [-0.4, -0.2) is 42.4 Å². The normalized spacial score (nSPS) is 15.7. The van der Waals surface area contributed by atoms with Gasteiger partial charge in [0.25, 0.3) is 5.91 Å². The SMILES string of the molecule is COC(=O)[C@@H](NC(=O)c1ccc2c(C3CCCCC3)c3n(c2c1)CCOc1cc(OC)ccc1-3)c1ccc(O)cc1. The molecule has 3 aromatic carbocycles. The van der Waals surface area contributed by atoms with Gasteiger partial charge in [-0.3, -0.25) is 4.79 Å². The summed E-state index contributed by atoms with van der Waals surface area (Å²) >= 11 is 0. The predicted octanol–water partition coefficient (Wildman–Crippen LogP) is 6.11. The molecule has 1 fully saturated rings. The molecule has 1 saturated carbocycles. The lowest BCUT2D eigenvalue weighted by molar-refractivity contribution is -0.143. The third-order valence-corrected chi connectivity index (χ3v) is 8.33. The van der Waals surface area contributed by atoms with Gasteiger partial charge in [-0.15, -0.1) is 0 Å².